The van der Waals surface area contributed by atoms with Gasteiger partial charge in [0.05, 0.1) is 43.2 Å². The van der Waals surface area contributed by atoms with Gasteiger partial charge in [0.2, 0.25) is 10.0 Å². The summed E-state index contributed by atoms with van der Waals surface area (Å²) in [5, 5.41) is 0. The monoisotopic (exact) mass is 389 g/mol. The number of rotatable bonds is 7. The van der Waals surface area contributed by atoms with Crippen molar-refractivity contribution in [2.24, 2.45) is 0 Å². The van der Waals surface area contributed by atoms with Crippen molar-refractivity contribution in [2.75, 3.05) is 7.11 Å². The minimum atomic E-state index is -3.94. The third-order valence-corrected chi connectivity index (χ3v) is 5.99. The van der Waals surface area contributed by atoms with E-state index >= 15 is 0 Å². The van der Waals surface area contributed by atoms with Crippen LogP contribution in [0.1, 0.15) is 27.4 Å². The Balaban J connectivity index is 2.02. The van der Waals surface area contributed by atoms with Crippen LogP contribution in [-0.2, 0) is 27.8 Å². The van der Waals surface area contributed by atoms with Crippen molar-refractivity contribution in [1.29, 1.82) is 0 Å². The van der Waals surface area contributed by atoms with Gasteiger partial charge in [0, 0.05) is 0 Å². The SMILES string of the molecule is COC(=O)c1ccc(C)c(S(=O)(=O)N(Cc2ccco2)Cc2ccco2)c1. The Labute approximate surface area is 157 Å². The molecular formula is C19H19NO6S. The number of carbonyl (C=O) groups excluding carboxylic acids is 1. The highest BCUT2D eigenvalue weighted by Gasteiger charge is 2.29. The lowest BCUT2D eigenvalue weighted by Gasteiger charge is -2.21. The van der Waals surface area contributed by atoms with Gasteiger partial charge in [0.1, 0.15) is 11.5 Å². The minimum absolute atomic E-state index is 0.0257. The second-order valence-corrected chi connectivity index (χ2v) is 7.81. The van der Waals surface area contributed by atoms with Crippen LogP contribution in [0.4, 0.5) is 0 Å². The van der Waals surface area contributed by atoms with Crippen molar-refractivity contribution in [1.82, 2.24) is 4.31 Å². The maximum atomic E-state index is 13.4. The molecule has 3 aromatic rings. The van der Waals surface area contributed by atoms with Gasteiger partial charge in [0.15, 0.2) is 0 Å². The van der Waals surface area contributed by atoms with Gasteiger partial charge in [-0.2, -0.15) is 4.31 Å². The second kappa shape index (κ2) is 7.81. The third kappa shape index (κ3) is 4.12. The van der Waals surface area contributed by atoms with Gasteiger partial charge in [-0.3, -0.25) is 0 Å². The summed E-state index contributed by atoms with van der Waals surface area (Å²) in [5.41, 5.74) is 0.684. The Morgan fingerprint density at radius 1 is 1.04 bits per heavy atom. The van der Waals surface area contributed by atoms with Crippen LogP contribution in [-0.4, -0.2) is 25.8 Å². The first kappa shape index (κ1) is 18.9. The lowest BCUT2D eigenvalue weighted by atomic mass is 10.1. The molecule has 2 heterocycles. The predicted octanol–water partition coefficient (Wildman–Crippen LogP) is 3.36. The number of aryl methyl sites for hydroxylation is 1. The van der Waals surface area contributed by atoms with Gasteiger partial charge < -0.3 is 13.6 Å². The number of esters is 1. The highest BCUT2D eigenvalue weighted by Crippen LogP contribution is 2.25. The Kier molecular flexibility index (Phi) is 5.48. The Bertz CT molecular complexity index is 970. The van der Waals surface area contributed by atoms with Gasteiger partial charge in [-0.15, -0.1) is 0 Å². The first-order chi connectivity index (χ1) is 12.9. The summed E-state index contributed by atoms with van der Waals surface area (Å²) in [6, 6.07) is 11.2. The lowest BCUT2D eigenvalue weighted by Crippen LogP contribution is -2.30. The molecule has 0 N–H and O–H groups in total. The molecule has 3 rings (SSSR count). The van der Waals surface area contributed by atoms with Crippen LogP contribution in [0.15, 0.2) is 68.7 Å². The Morgan fingerprint density at radius 3 is 2.11 bits per heavy atom. The largest absolute Gasteiger partial charge is 0.468 e. The average Bonchev–Trinajstić information content (AvgIpc) is 3.34. The van der Waals surface area contributed by atoms with E-state index in [2.05, 4.69) is 0 Å². The first-order valence-corrected chi connectivity index (χ1v) is 9.59. The number of hydrogen-bond donors (Lipinski definition) is 0. The van der Waals surface area contributed by atoms with Crippen molar-refractivity contribution < 1.29 is 26.8 Å². The zero-order valence-corrected chi connectivity index (χ0v) is 15.7. The van der Waals surface area contributed by atoms with Crippen LogP contribution in [0.3, 0.4) is 0 Å². The molecule has 0 saturated heterocycles. The van der Waals surface area contributed by atoms with Crippen molar-refractivity contribution in [3.8, 4) is 0 Å². The smallest absolute Gasteiger partial charge is 0.337 e. The molecule has 0 fully saturated rings. The Morgan fingerprint density at radius 2 is 1.63 bits per heavy atom. The van der Waals surface area contributed by atoms with E-state index in [1.54, 1.807) is 37.3 Å². The van der Waals surface area contributed by atoms with E-state index in [9.17, 15) is 13.2 Å². The maximum absolute atomic E-state index is 13.4. The van der Waals surface area contributed by atoms with Gasteiger partial charge in [0.25, 0.3) is 0 Å². The van der Waals surface area contributed by atoms with Crippen LogP contribution in [0.2, 0.25) is 0 Å². The fourth-order valence-corrected chi connectivity index (χ4v) is 4.26. The van der Waals surface area contributed by atoms with Gasteiger partial charge in [-0.05, 0) is 48.9 Å². The number of ether oxygens (including phenoxy) is 1. The molecule has 8 heteroatoms. The number of sulfonamides is 1. The topological polar surface area (TPSA) is 90.0 Å². The minimum Gasteiger partial charge on any atom is -0.468 e. The van der Waals surface area contributed by atoms with Gasteiger partial charge >= 0.3 is 5.97 Å². The van der Waals surface area contributed by atoms with E-state index in [4.69, 9.17) is 13.6 Å². The summed E-state index contributed by atoms with van der Waals surface area (Å²) >= 11 is 0. The fraction of sp³-hybridized carbons (Fsp3) is 0.211. The number of carbonyl (C=O) groups is 1. The molecule has 27 heavy (non-hydrogen) atoms. The molecule has 0 aliphatic rings. The number of furan rings is 2. The van der Waals surface area contributed by atoms with Gasteiger partial charge in [-0.1, -0.05) is 6.07 Å². The van der Waals surface area contributed by atoms with E-state index < -0.39 is 16.0 Å². The molecule has 1 aromatic carbocycles. The van der Waals surface area contributed by atoms with Crippen molar-refractivity contribution in [3.63, 3.8) is 0 Å². The van der Waals surface area contributed by atoms with Crippen LogP contribution in [0.5, 0.6) is 0 Å². The van der Waals surface area contributed by atoms with Crippen LogP contribution in [0.25, 0.3) is 0 Å². The summed E-state index contributed by atoms with van der Waals surface area (Å²) < 4.78 is 43.3. The summed E-state index contributed by atoms with van der Waals surface area (Å²) in [6.07, 6.45) is 2.96. The number of nitrogens with zero attached hydrogens (tertiary/aromatic N) is 1. The molecule has 0 aliphatic heterocycles. The molecule has 2 aromatic heterocycles. The highest BCUT2D eigenvalue weighted by molar-refractivity contribution is 7.89. The summed E-state index contributed by atoms with van der Waals surface area (Å²) in [4.78, 5) is 11.9. The third-order valence-electron chi connectivity index (χ3n) is 4.05. The van der Waals surface area contributed by atoms with E-state index in [-0.39, 0.29) is 23.5 Å². The fourth-order valence-electron chi connectivity index (χ4n) is 2.64. The highest BCUT2D eigenvalue weighted by atomic mass is 32.2. The molecule has 0 saturated carbocycles. The standard InChI is InChI=1S/C19H19NO6S/c1-14-7-8-15(19(21)24-2)11-18(14)27(22,23)20(12-16-5-3-9-25-16)13-17-6-4-10-26-17/h3-11H,12-13H2,1-2H3. The second-order valence-electron chi connectivity index (χ2n) is 5.90. The molecule has 0 radical (unpaired) electrons. The summed E-state index contributed by atoms with van der Waals surface area (Å²) in [6.45, 7) is 1.72. The number of hydrogen-bond acceptors (Lipinski definition) is 6. The number of methoxy groups -OCH3 is 1. The normalized spacial score (nSPS) is 11.7. The summed E-state index contributed by atoms with van der Waals surface area (Å²) in [5.74, 6) is 0.383. The molecule has 0 atom stereocenters. The van der Waals surface area contributed by atoms with Crippen LogP contribution in [0, 0.1) is 6.92 Å². The zero-order valence-electron chi connectivity index (χ0n) is 14.9. The predicted molar refractivity (Wildman–Crippen MR) is 96.4 cm³/mol. The quantitative estimate of drug-likeness (QED) is 0.576. The van der Waals surface area contributed by atoms with E-state index in [0.29, 0.717) is 17.1 Å². The van der Waals surface area contributed by atoms with Crippen molar-refractivity contribution in [3.05, 3.63) is 77.6 Å². The molecule has 0 unspecified atom stereocenters. The Hall–Kier alpha value is -2.84. The lowest BCUT2D eigenvalue weighted by molar-refractivity contribution is 0.0600. The molecular weight excluding hydrogens is 370 g/mol. The molecule has 0 amide bonds. The molecule has 0 aliphatic carbocycles. The average molecular weight is 389 g/mol. The first-order valence-electron chi connectivity index (χ1n) is 8.15. The maximum Gasteiger partial charge on any atom is 0.337 e. The molecule has 0 bridgehead atoms. The van der Waals surface area contributed by atoms with Gasteiger partial charge in [-0.25, -0.2) is 13.2 Å². The number of benzene rings is 1. The molecule has 142 valence electrons. The van der Waals surface area contributed by atoms with Crippen molar-refractivity contribution in [2.45, 2.75) is 24.9 Å². The molecule has 0 spiro atoms. The van der Waals surface area contributed by atoms with Crippen LogP contribution < -0.4 is 0 Å². The van der Waals surface area contributed by atoms with E-state index in [1.807, 2.05) is 0 Å². The zero-order chi connectivity index (χ0) is 19.4. The molecule has 7 nitrogen and oxygen atoms in total. The summed E-state index contributed by atoms with van der Waals surface area (Å²) in [7, 11) is -2.70. The van der Waals surface area contributed by atoms with Crippen LogP contribution >= 0.6 is 0 Å². The van der Waals surface area contributed by atoms with Crippen molar-refractivity contribution >= 4 is 16.0 Å². The van der Waals surface area contributed by atoms with E-state index in [1.165, 1.54) is 36.1 Å². The van der Waals surface area contributed by atoms with E-state index in [0.717, 1.165) is 0 Å².